The van der Waals surface area contributed by atoms with Gasteiger partial charge in [-0.3, -0.25) is 4.79 Å². The average Bonchev–Trinajstić information content (AvgIpc) is 2.60. The predicted molar refractivity (Wildman–Crippen MR) is 97.5 cm³/mol. The molecule has 2 unspecified atom stereocenters. The van der Waals surface area contributed by atoms with Crippen LogP contribution in [0.15, 0.2) is 18.5 Å². The third kappa shape index (κ3) is 2.88. The van der Waals surface area contributed by atoms with Crippen LogP contribution in [0, 0.1) is 17.3 Å². The fraction of sp³-hybridized carbons (Fsp3) is 0.750. The lowest BCUT2D eigenvalue weighted by atomic mass is 9.47. The second kappa shape index (κ2) is 5.91. The number of hydrogen-bond donors (Lipinski definition) is 1. The number of hydrogen-bond acceptors (Lipinski definition) is 5. The van der Waals surface area contributed by atoms with Crippen molar-refractivity contribution in [2.45, 2.75) is 50.5 Å². The van der Waals surface area contributed by atoms with E-state index in [0.29, 0.717) is 18.3 Å². The van der Waals surface area contributed by atoms with Gasteiger partial charge in [-0.1, -0.05) is 0 Å². The lowest BCUT2D eigenvalue weighted by Crippen LogP contribution is -2.57. The number of rotatable bonds is 3. The summed E-state index contributed by atoms with van der Waals surface area (Å²) in [4.78, 5) is 25.8. The largest absolute Gasteiger partial charge is 0.390 e. The van der Waals surface area contributed by atoms with Crippen LogP contribution in [0.3, 0.4) is 0 Å². The maximum Gasteiger partial charge on any atom is 0.225 e. The first-order chi connectivity index (χ1) is 12.5. The third-order valence-corrected chi connectivity index (χ3v) is 7.14. The smallest absolute Gasteiger partial charge is 0.225 e. The molecule has 4 aliphatic carbocycles. The van der Waals surface area contributed by atoms with E-state index in [-0.39, 0.29) is 11.3 Å². The van der Waals surface area contributed by atoms with Crippen LogP contribution in [0.5, 0.6) is 0 Å². The van der Waals surface area contributed by atoms with Gasteiger partial charge in [-0.15, -0.1) is 0 Å². The minimum atomic E-state index is -0.478. The maximum absolute atomic E-state index is 13.0. The zero-order chi connectivity index (χ0) is 17.8. The van der Waals surface area contributed by atoms with Crippen molar-refractivity contribution in [1.82, 2.24) is 14.9 Å². The van der Waals surface area contributed by atoms with E-state index in [1.54, 1.807) is 12.4 Å². The van der Waals surface area contributed by atoms with E-state index in [9.17, 15) is 9.90 Å². The molecule has 1 N–H and O–H groups in total. The van der Waals surface area contributed by atoms with Crippen molar-refractivity contribution in [3.05, 3.63) is 18.5 Å². The Bertz CT molecular complexity index is 672. The van der Waals surface area contributed by atoms with Gasteiger partial charge in [-0.25, -0.2) is 9.97 Å². The second-order valence-corrected chi connectivity index (χ2v) is 9.28. The topological polar surface area (TPSA) is 69.6 Å². The summed E-state index contributed by atoms with van der Waals surface area (Å²) in [5, 5.41) is 10.9. The van der Waals surface area contributed by atoms with Crippen molar-refractivity contribution >= 4 is 11.9 Å². The van der Waals surface area contributed by atoms with E-state index in [1.165, 1.54) is 6.42 Å². The molecular weight excluding hydrogens is 328 g/mol. The molecule has 6 heteroatoms. The van der Waals surface area contributed by atoms with E-state index in [1.807, 2.05) is 11.0 Å². The molecule has 1 aromatic rings. The SMILES string of the molecule is O=C(CC12C[C@@H]3C[C@@H](CC(O)(C3)C1)C2)N1CCN(c2ncccn2)CC1. The third-order valence-electron chi connectivity index (χ3n) is 7.14. The highest BCUT2D eigenvalue weighted by molar-refractivity contribution is 5.77. The van der Waals surface area contributed by atoms with E-state index < -0.39 is 5.60 Å². The molecule has 1 amide bonds. The number of aromatic nitrogens is 2. The summed E-state index contributed by atoms with van der Waals surface area (Å²) in [6, 6.07) is 1.82. The summed E-state index contributed by atoms with van der Waals surface area (Å²) in [5.41, 5.74) is -0.413. The van der Waals surface area contributed by atoms with Crippen LogP contribution in [0.25, 0.3) is 0 Å². The van der Waals surface area contributed by atoms with Crippen molar-refractivity contribution in [1.29, 1.82) is 0 Å². The molecule has 140 valence electrons. The van der Waals surface area contributed by atoms with E-state index >= 15 is 0 Å². The maximum atomic E-state index is 13.0. The van der Waals surface area contributed by atoms with Gasteiger partial charge < -0.3 is 14.9 Å². The molecule has 4 saturated carbocycles. The summed E-state index contributed by atoms with van der Waals surface area (Å²) >= 11 is 0. The fourth-order valence-corrected chi connectivity index (χ4v) is 6.65. The van der Waals surface area contributed by atoms with Gasteiger partial charge in [-0.2, -0.15) is 0 Å². The van der Waals surface area contributed by atoms with Crippen molar-refractivity contribution in [2.75, 3.05) is 31.1 Å². The van der Waals surface area contributed by atoms with Crippen LogP contribution in [0.4, 0.5) is 5.95 Å². The van der Waals surface area contributed by atoms with Crippen molar-refractivity contribution in [2.24, 2.45) is 17.3 Å². The van der Waals surface area contributed by atoms with Gasteiger partial charge in [-0.05, 0) is 61.8 Å². The molecule has 0 aromatic carbocycles. The Hall–Kier alpha value is -1.69. The molecule has 26 heavy (non-hydrogen) atoms. The minimum Gasteiger partial charge on any atom is -0.390 e. The summed E-state index contributed by atoms with van der Waals surface area (Å²) < 4.78 is 0. The summed E-state index contributed by atoms with van der Waals surface area (Å²) in [5.74, 6) is 2.31. The standard InChI is InChI=1S/C20H28N4O2/c25-17(23-4-6-24(7-5-23)18-21-2-1-3-22-18)13-19-9-15-8-16(10-19)12-20(26,11-15)14-19/h1-3,15-16,26H,4-14H2/t15-,16+,19?,20?. The minimum absolute atomic E-state index is 0.0651. The Labute approximate surface area is 154 Å². The molecule has 2 heterocycles. The molecule has 6 rings (SSSR count). The van der Waals surface area contributed by atoms with E-state index in [4.69, 9.17) is 0 Å². The number of anilines is 1. The average molecular weight is 356 g/mol. The second-order valence-electron chi connectivity index (χ2n) is 9.28. The summed E-state index contributed by atoms with van der Waals surface area (Å²) in [6.07, 6.45) is 10.5. The normalized spacial score (nSPS) is 38.7. The van der Waals surface area contributed by atoms with Gasteiger partial charge in [0.1, 0.15) is 0 Å². The zero-order valence-corrected chi connectivity index (χ0v) is 15.3. The number of aliphatic hydroxyl groups is 1. The zero-order valence-electron chi connectivity index (χ0n) is 15.3. The lowest BCUT2D eigenvalue weighted by Gasteiger charge is -2.60. The predicted octanol–water partition coefficient (Wildman–Crippen LogP) is 1.85. The molecule has 5 fully saturated rings. The Balaban J connectivity index is 1.22. The molecule has 1 aliphatic heterocycles. The molecule has 0 radical (unpaired) electrons. The van der Waals surface area contributed by atoms with E-state index in [2.05, 4.69) is 14.9 Å². The van der Waals surface area contributed by atoms with Crippen LogP contribution in [-0.2, 0) is 4.79 Å². The van der Waals surface area contributed by atoms with Crippen molar-refractivity contribution in [3.8, 4) is 0 Å². The molecule has 0 spiro atoms. The Morgan fingerprint density at radius 1 is 1.08 bits per heavy atom. The molecule has 4 bridgehead atoms. The first-order valence-electron chi connectivity index (χ1n) is 10.0. The summed E-state index contributed by atoms with van der Waals surface area (Å²) in [7, 11) is 0. The molecule has 6 nitrogen and oxygen atoms in total. The van der Waals surface area contributed by atoms with Gasteiger partial charge in [0, 0.05) is 45.0 Å². The van der Waals surface area contributed by atoms with Gasteiger partial charge >= 0.3 is 0 Å². The number of nitrogens with zero attached hydrogens (tertiary/aromatic N) is 4. The number of piperazine rings is 1. The van der Waals surface area contributed by atoms with Gasteiger partial charge in [0.2, 0.25) is 11.9 Å². The Morgan fingerprint density at radius 2 is 1.73 bits per heavy atom. The summed E-state index contributed by atoms with van der Waals surface area (Å²) in [6.45, 7) is 3.06. The van der Waals surface area contributed by atoms with Crippen molar-refractivity contribution < 1.29 is 9.90 Å². The van der Waals surface area contributed by atoms with Crippen molar-refractivity contribution in [3.63, 3.8) is 0 Å². The molecular formula is C20H28N4O2. The molecule has 4 atom stereocenters. The molecule has 1 saturated heterocycles. The van der Waals surface area contributed by atoms with Gasteiger partial charge in [0.15, 0.2) is 0 Å². The van der Waals surface area contributed by atoms with Crippen LogP contribution in [0.1, 0.15) is 44.9 Å². The van der Waals surface area contributed by atoms with Gasteiger partial charge in [0.25, 0.3) is 0 Å². The quantitative estimate of drug-likeness (QED) is 0.895. The number of amides is 1. The highest BCUT2D eigenvalue weighted by Crippen LogP contribution is 2.62. The van der Waals surface area contributed by atoms with Crippen LogP contribution >= 0.6 is 0 Å². The highest BCUT2D eigenvalue weighted by atomic mass is 16.3. The lowest BCUT2D eigenvalue weighted by molar-refractivity contribution is -0.172. The Kier molecular flexibility index (Phi) is 3.75. The first kappa shape index (κ1) is 16.5. The van der Waals surface area contributed by atoms with Crippen LogP contribution in [0.2, 0.25) is 0 Å². The van der Waals surface area contributed by atoms with E-state index in [0.717, 1.165) is 64.2 Å². The first-order valence-corrected chi connectivity index (χ1v) is 10.0. The highest BCUT2D eigenvalue weighted by Gasteiger charge is 2.57. The molecule has 5 aliphatic rings. The molecule has 1 aromatic heterocycles. The monoisotopic (exact) mass is 356 g/mol. The Morgan fingerprint density at radius 3 is 2.35 bits per heavy atom. The fourth-order valence-electron chi connectivity index (χ4n) is 6.65. The van der Waals surface area contributed by atoms with Crippen LogP contribution < -0.4 is 4.90 Å². The van der Waals surface area contributed by atoms with Gasteiger partial charge in [0.05, 0.1) is 5.60 Å². The number of carbonyl (C=O) groups excluding carboxylic acids is 1. The van der Waals surface area contributed by atoms with Crippen LogP contribution in [-0.4, -0.2) is 57.7 Å². The number of carbonyl (C=O) groups is 1.